The number of anilines is 1. The number of nitrogens with one attached hydrogen (secondary N) is 1. The van der Waals surface area contributed by atoms with Crippen LogP contribution in [-0.4, -0.2) is 15.9 Å². The van der Waals surface area contributed by atoms with Crippen LogP contribution >= 0.6 is 0 Å². The number of aromatic nitrogens is 2. The van der Waals surface area contributed by atoms with Gasteiger partial charge in [-0.1, -0.05) is 18.2 Å². The molecule has 1 aliphatic rings. The highest BCUT2D eigenvalue weighted by molar-refractivity contribution is 6.04. The third kappa shape index (κ3) is 3.85. The zero-order valence-corrected chi connectivity index (χ0v) is 15.7. The van der Waals surface area contributed by atoms with Gasteiger partial charge in [-0.3, -0.25) is 9.78 Å². The quantitative estimate of drug-likeness (QED) is 0.660. The van der Waals surface area contributed by atoms with Crippen molar-refractivity contribution < 1.29 is 18.0 Å². The molecule has 0 aliphatic heterocycles. The van der Waals surface area contributed by atoms with E-state index in [2.05, 4.69) is 15.3 Å². The molecule has 0 bridgehead atoms. The number of nitrogens with zero attached hydrogens (tertiary/aromatic N) is 2. The van der Waals surface area contributed by atoms with E-state index in [-0.39, 0.29) is 23.0 Å². The summed E-state index contributed by atoms with van der Waals surface area (Å²) >= 11 is 0. The number of amides is 1. The third-order valence-corrected chi connectivity index (χ3v) is 5.10. The van der Waals surface area contributed by atoms with E-state index in [4.69, 9.17) is 0 Å². The SMILES string of the molecule is Cc1ccccc1C(=O)Nc1cnc(-c2cc3c(cc2C(F)(F)F)CCC3)cn1. The van der Waals surface area contributed by atoms with Crippen LogP contribution in [0.25, 0.3) is 11.3 Å². The minimum Gasteiger partial charge on any atom is -0.305 e. The van der Waals surface area contributed by atoms with Gasteiger partial charge in [0.1, 0.15) is 0 Å². The molecule has 4 rings (SSSR count). The summed E-state index contributed by atoms with van der Waals surface area (Å²) in [5, 5.41) is 2.63. The molecule has 2 aromatic carbocycles. The van der Waals surface area contributed by atoms with Crippen LogP contribution in [0.5, 0.6) is 0 Å². The normalized spacial score (nSPS) is 13.2. The van der Waals surface area contributed by atoms with Gasteiger partial charge in [0, 0.05) is 11.1 Å². The second-order valence-corrected chi connectivity index (χ2v) is 7.07. The molecule has 148 valence electrons. The Balaban J connectivity index is 1.63. The van der Waals surface area contributed by atoms with E-state index >= 15 is 0 Å². The van der Waals surface area contributed by atoms with Crippen molar-refractivity contribution in [3.05, 3.63) is 76.6 Å². The highest BCUT2D eigenvalue weighted by Crippen LogP contribution is 2.40. The number of carbonyl (C=O) groups is 1. The van der Waals surface area contributed by atoms with E-state index < -0.39 is 11.7 Å². The van der Waals surface area contributed by atoms with Crippen molar-refractivity contribution in [2.45, 2.75) is 32.4 Å². The number of fused-ring (bicyclic) bond motifs is 1. The van der Waals surface area contributed by atoms with Crippen molar-refractivity contribution in [3.63, 3.8) is 0 Å². The van der Waals surface area contributed by atoms with Crippen molar-refractivity contribution >= 4 is 11.7 Å². The summed E-state index contributed by atoms with van der Waals surface area (Å²) in [4.78, 5) is 20.6. The fourth-order valence-electron chi connectivity index (χ4n) is 3.61. The molecule has 29 heavy (non-hydrogen) atoms. The highest BCUT2D eigenvalue weighted by atomic mass is 19.4. The predicted octanol–water partition coefficient (Wildman–Crippen LogP) is 5.21. The van der Waals surface area contributed by atoms with Gasteiger partial charge in [-0.25, -0.2) is 4.98 Å². The van der Waals surface area contributed by atoms with Crippen molar-refractivity contribution in [1.29, 1.82) is 0 Å². The van der Waals surface area contributed by atoms with Crippen LogP contribution in [0.4, 0.5) is 19.0 Å². The van der Waals surface area contributed by atoms with E-state index in [1.165, 1.54) is 18.5 Å². The minimum absolute atomic E-state index is 0.0161. The summed E-state index contributed by atoms with van der Waals surface area (Å²) in [6.45, 7) is 1.82. The summed E-state index contributed by atoms with van der Waals surface area (Å²) in [6, 6.07) is 9.88. The molecule has 1 heterocycles. The number of alkyl halides is 3. The summed E-state index contributed by atoms with van der Waals surface area (Å²) in [5.41, 5.74) is 2.41. The Morgan fingerprint density at radius 2 is 1.76 bits per heavy atom. The molecule has 0 radical (unpaired) electrons. The Hall–Kier alpha value is -3.22. The van der Waals surface area contributed by atoms with Gasteiger partial charge in [0.15, 0.2) is 5.82 Å². The smallest absolute Gasteiger partial charge is 0.305 e. The lowest BCUT2D eigenvalue weighted by Gasteiger charge is -2.15. The maximum Gasteiger partial charge on any atom is 0.417 e. The van der Waals surface area contributed by atoms with Crippen LogP contribution in [0.1, 0.15) is 39.0 Å². The Labute approximate surface area is 165 Å². The van der Waals surface area contributed by atoms with Crippen LogP contribution in [0.3, 0.4) is 0 Å². The maximum atomic E-state index is 13.6. The largest absolute Gasteiger partial charge is 0.417 e. The average Bonchev–Trinajstić information content (AvgIpc) is 3.15. The molecule has 0 atom stereocenters. The van der Waals surface area contributed by atoms with Crippen molar-refractivity contribution in [2.24, 2.45) is 0 Å². The van der Waals surface area contributed by atoms with Gasteiger partial charge in [0.2, 0.25) is 0 Å². The first-order chi connectivity index (χ1) is 13.8. The van der Waals surface area contributed by atoms with Gasteiger partial charge in [-0.2, -0.15) is 13.2 Å². The molecule has 1 N–H and O–H groups in total. The second kappa shape index (κ2) is 7.31. The van der Waals surface area contributed by atoms with Crippen LogP contribution in [-0.2, 0) is 19.0 Å². The lowest BCUT2D eigenvalue weighted by atomic mass is 9.97. The molecule has 0 spiro atoms. The third-order valence-electron chi connectivity index (χ3n) is 5.10. The van der Waals surface area contributed by atoms with E-state index in [0.29, 0.717) is 12.0 Å². The van der Waals surface area contributed by atoms with Crippen LogP contribution in [0.2, 0.25) is 0 Å². The molecule has 4 nitrogen and oxygen atoms in total. The first-order valence-electron chi connectivity index (χ1n) is 9.25. The van der Waals surface area contributed by atoms with E-state index in [9.17, 15) is 18.0 Å². The molecule has 0 fully saturated rings. The molecule has 1 amide bonds. The Morgan fingerprint density at radius 1 is 1.03 bits per heavy atom. The number of aryl methyl sites for hydroxylation is 3. The number of benzene rings is 2. The average molecular weight is 397 g/mol. The van der Waals surface area contributed by atoms with E-state index in [1.807, 2.05) is 19.1 Å². The molecule has 7 heteroatoms. The summed E-state index contributed by atoms with van der Waals surface area (Å²) < 4.78 is 40.7. The lowest BCUT2D eigenvalue weighted by Crippen LogP contribution is -2.14. The van der Waals surface area contributed by atoms with Crippen LogP contribution in [0, 0.1) is 6.92 Å². The second-order valence-electron chi connectivity index (χ2n) is 7.07. The molecule has 0 saturated carbocycles. The molecule has 0 unspecified atom stereocenters. The first kappa shape index (κ1) is 19.1. The monoisotopic (exact) mass is 397 g/mol. The van der Waals surface area contributed by atoms with Crippen LogP contribution in [0.15, 0.2) is 48.8 Å². The predicted molar refractivity (Wildman–Crippen MR) is 104 cm³/mol. The summed E-state index contributed by atoms with van der Waals surface area (Å²) in [7, 11) is 0. The van der Waals surface area contributed by atoms with Gasteiger partial charge in [-0.05, 0) is 61.1 Å². The molecule has 0 saturated heterocycles. The topological polar surface area (TPSA) is 54.9 Å². The molecule has 1 aliphatic carbocycles. The van der Waals surface area contributed by atoms with Crippen LogP contribution < -0.4 is 5.32 Å². The number of hydrogen-bond acceptors (Lipinski definition) is 3. The van der Waals surface area contributed by atoms with E-state index in [1.54, 1.807) is 18.2 Å². The minimum atomic E-state index is -4.48. The number of rotatable bonds is 3. The Morgan fingerprint density at radius 3 is 2.41 bits per heavy atom. The van der Waals surface area contributed by atoms with Crippen molar-refractivity contribution in [2.75, 3.05) is 5.32 Å². The summed E-state index contributed by atoms with van der Waals surface area (Å²) in [6.07, 6.45) is 0.336. The fourth-order valence-corrected chi connectivity index (χ4v) is 3.61. The standard InChI is InChI=1S/C22H18F3N3O/c1-13-5-2-3-8-16(13)21(29)28-20-12-26-19(11-27-20)17-9-14-6-4-7-15(14)10-18(17)22(23,24)25/h2-3,5,8-12H,4,6-7H2,1H3,(H,27,28,29). The van der Waals surface area contributed by atoms with Gasteiger partial charge >= 0.3 is 6.18 Å². The lowest BCUT2D eigenvalue weighted by molar-refractivity contribution is -0.137. The van der Waals surface area contributed by atoms with Gasteiger partial charge < -0.3 is 5.32 Å². The Bertz CT molecular complexity index is 1080. The van der Waals surface area contributed by atoms with Crippen molar-refractivity contribution in [1.82, 2.24) is 9.97 Å². The van der Waals surface area contributed by atoms with Gasteiger partial charge in [0.25, 0.3) is 5.91 Å². The van der Waals surface area contributed by atoms with Crippen molar-refractivity contribution in [3.8, 4) is 11.3 Å². The van der Waals surface area contributed by atoms with E-state index in [0.717, 1.165) is 29.5 Å². The summed E-state index contributed by atoms with van der Waals surface area (Å²) in [5.74, 6) is -0.171. The molecular formula is C22H18F3N3O. The zero-order chi connectivity index (χ0) is 20.6. The zero-order valence-electron chi connectivity index (χ0n) is 15.7. The van der Waals surface area contributed by atoms with Gasteiger partial charge in [0.05, 0.1) is 23.7 Å². The highest BCUT2D eigenvalue weighted by Gasteiger charge is 2.35. The van der Waals surface area contributed by atoms with Gasteiger partial charge in [-0.15, -0.1) is 0 Å². The molecule has 1 aromatic heterocycles. The fraction of sp³-hybridized carbons (Fsp3) is 0.227. The molecular weight excluding hydrogens is 379 g/mol. The number of halogens is 3. The number of hydrogen-bond donors (Lipinski definition) is 1. The number of carbonyl (C=O) groups excluding carboxylic acids is 1. The Kier molecular flexibility index (Phi) is 4.82. The maximum absolute atomic E-state index is 13.6. The first-order valence-corrected chi connectivity index (χ1v) is 9.25. The molecule has 3 aromatic rings.